The molecule has 23 heavy (non-hydrogen) atoms. The van der Waals surface area contributed by atoms with E-state index in [0.29, 0.717) is 22.0 Å². The van der Waals surface area contributed by atoms with E-state index in [2.05, 4.69) is 4.98 Å². The molecule has 0 aliphatic carbocycles. The van der Waals surface area contributed by atoms with Crippen LogP contribution in [0.5, 0.6) is 5.75 Å². The maximum absolute atomic E-state index is 12.2. The van der Waals surface area contributed by atoms with Crippen molar-refractivity contribution in [3.8, 4) is 5.75 Å². The van der Waals surface area contributed by atoms with Gasteiger partial charge >= 0.3 is 5.97 Å². The lowest BCUT2D eigenvalue weighted by Gasteiger charge is -2.08. The second kappa shape index (κ2) is 6.30. The molecule has 0 radical (unpaired) electrons. The molecule has 0 saturated heterocycles. The van der Waals surface area contributed by atoms with Gasteiger partial charge in [0.05, 0.1) is 12.8 Å². The molecule has 2 heterocycles. The first-order valence-corrected chi connectivity index (χ1v) is 7.39. The van der Waals surface area contributed by atoms with E-state index in [0.717, 1.165) is 11.2 Å². The number of pyridine rings is 1. The number of fused-ring (bicyclic) bond motifs is 1. The number of hydrogen-bond donors (Lipinski definition) is 0. The summed E-state index contributed by atoms with van der Waals surface area (Å²) in [4.78, 5) is 16.6. The number of nitrogens with zero attached hydrogens (tertiary/aromatic N) is 2. The summed E-state index contributed by atoms with van der Waals surface area (Å²) in [5, 5.41) is 0.445. The number of benzene rings is 1. The molecular formula is C17H15ClN2O3. The van der Waals surface area contributed by atoms with Gasteiger partial charge in [-0.25, -0.2) is 9.78 Å². The minimum Gasteiger partial charge on any atom is -0.496 e. The third-order valence-corrected chi connectivity index (χ3v) is 3.62. The lowest BCUT2D eigenvalue weighted by atomic mass is 10.2. The highest BCUT2D eigenvalue weighted by molar-refractivity contribution is 6.31. The third-order valence-electron chi connectivity index (χ3n) is 3.38. The van der Waals surface area contributed by atoms with Crippen molar-refractivity contribution in [2.75, 3.05) is 7.11 Å². The Kier molecular flexibility index (Phi) is 4.21. The number of ether oxygens (including phenoxy) is 2. The van der Waals surface area contributed by atoms with E-state index in [4.69, 9.17) is 21.1 Å². The summed E-state index contributed by atoms with van der Waals surface area (Å²) in [6.45, 7) is 2.08. The van der Waals surface area contributed by atoms with Gasteiger partial charge in [-0.05, 0) is 36.8 Å². The van der Waals surface area contributed by atoms with Crippen molar-refractivity contribution in [1.29, 1.82) is 0 Å². The fourth-order valence-electron chi connectivity index (χ4n) is 2.28. The Morgan fingerprint density at radius 1 is 1.26 bits per heavy atom. The Bertz CT molecular complexity index is 873. The van der Waals surface area contributed by atoms with Gasteiger partial charge in [-0.2, -0.15) is 0 Å². The second-order valence-electron chi connectivity index (χ2n) is 5.12. The van der Waals surface area contributed by atoms with Crippen LogP contribution in [-0.4, -0.2) is 22.5 Å². The Hall–Kier alpha value is -2.53. The molecule has 0 saturated carbocycles. The van der Waals surface area contributed by atoms with Gasteiger partial charge < -0.3 is 13.9 Å². The number of imidazole rings is 1. The molecule has 5 nitrogen and oxygen atoms in total. The third kappa shape index (κ3) is 3.29. The molecule has 1 aromatic carbocycles. The van der Waals surface area contributed by atoms with Crippen LogP contribution in [0.15, 0.2) is 42.7 Å². The fourth-order valence-corrected chi connectivity index (χ4v) is 2.45. The fraction of sp³-hybridized carbons (Fsp3) is 0.176. The second-order valence-corrected chi connectivity index (χ2v) is 5.56. The van der Waals surface area contributed by atoms with Gasteiger partial charge in [-0.1, -0.05) is 17.7 Å². The van der Waals surface area contributed by atoms with Crippen LogP contribution in [0.4, 0.5) is 0 Å². The largest absolute Gasteiger partial charge is 0.496 e. The average Bonchev–Trinajstić information content (AvgIpc) is 2.94. The SMILES string of the molecule is COc1ccc(Cl)cc1C(=O)OCc1cn2cc(C)ccc2n1. The summed E-state index contributed by atoms with van der Waals surface area (Å²) in [6, 6.07) is 8.71. The number of carbonyl (C=O) groups is 1. The van der Waals surface area contributed by atoms with Crippen molar-refractivity contribution in [3.05, 3.63) is 64.6 Å². The van der Waals surface area contributed by atoms with Gasteiger partial charge in [-0.3, -0.25) is 0 Å². The van der Waals surface area contributed by atoms with E-state index >= 15 is 0 Å². The lowest BCUT2D eigenvalue weighted by Crippen LogP contribution is -2.07. The Balaban J connectivity index is 1.76. The van der Waals surface area contributed by atoms with E-state index in [1.54, 1.807) is 12.1 Å². The number of hydrogen-bond acceptors (Lipinski definition) is 4. The van der Waals surface area contributed by atoms with Crippen LogP contribution in [0.2, 0.25) is 5.02 Å². The topological polar surface area (TPSA) is 52.8 Å². The number of rotatable bonds is 4. The minimum atomic E-state index is -0.502. The van der Waals surface area contributed by atoms with E-state index in [-0.39, 0.29) is 6.61 Å². The van der Waals surface area contributed by atoms with Crippen LogP contribution in [0.25, 0.3) is 5.65 Å². The molecule has 0 atom stereocenters. The summed E-state index contributed by atoms with van der Waals surface area (Å²) in [5.41, 5.74) is 2.90. The van der Waals surface area contributed by atoms with Gasteiger partial charge in [-0.15, -0.1) is 0 Å². The van der Waals surface area contributed by atoms with Gasteiger partial charge in [0.2, 0.25) is 0 Å². The van der Waals surface area contributed by atoms with Crippen molar-refractivity contribution in [2.45, 2.75) is 13.5 Å². The molecular weight excluding hydrogens is 316 g/mol. The average molecular weight is 331 g/mol. The molecule has 0 fully saturated rings. The maximum atomic E-state index is 12.2. The number of aromatic nitrogens is 2. The maximum Gasteiger partial charge on any atom is 0.342 e. The molecule has 0 bridgehead atoms. The predicted octanol–water partition coefficient (Wildman–Crippen LogP) is 3.66. The Morgan fingerprint density at radius 2 is 2.09 bits per heavy atom. The zero-order valence-electron chi connectivity index (χ0n) is 12.7. The molecule has 0 spiro atoms. The number of halogens is 1. The summed E-state index contributed by atoms with van der Waals surface area (Å²) < 4.78 is 12.4. The molecule has 3 aromatic rings. The van der Waals surface area contributed by atoms with Crippen molar-refractivity contribution < 1.29 is 14.3 Å². The van der Waals surface area contributed by atoms with Gasteiger partial charge in [0.15, 0.2) is 0 Å². The zero-order valence-corrected chi connectivity index (χ0v) is 13.5. The summed E-state index contributed by atoms with van der Waals surface area (Å²) >= 11 is 5.92. The molecule has 6 heteroatoms. The monoisotopic (exact) mass is 330 g/mol. The van der Waals surface area contributed by atoms with Crippen LogP contribution in [0.1, 0.15) is 21.6 Å². The normalized spacial score (nSPS) is 10.7. The van der Waals surface area contributed by atoms with E-state index in [9.17, 15) is 4.79 Å². The van der Waals surface area contributed by atoms with Crippen molar-refractivity contribution >= 4 is 23.2 Å². The molecule has 0 amide bonds. The quantitative estimate of drug-likeness (QED) is 0.685. The molecule has 0 unspecified atom stereocenters. The van der Waals surface area contributed by atoms with E-state index in [1.165, 1.54) is 13.2 Å². The molecule has 118 valence electrons. The Labute approximate surface area is 138 Å². The number of carbonyl (C=O) groups excluding carboxylic acids is 1. The molecule has 3 rings (SSSR count). The highest BCUT2D eigenvalue weighted by Gasteiger charge is 2.15. The molecule has 0 aliphatic heterocycles. The predicted molar refractivity (Wildman–Crippen MR) is 87.1 cm³/mol. The summed E-state index contributed by atoms with van der Waals surface area (Å²) in [7, 11) is 1.49. The summed E-state index contributed by atoms with van der Waals surface area (Å²) in [6.07, 6.45) is 3.80. The number of aryl methyl sites for hydroxylation is 1. The van der Waals surface area contributed by atoms with Crippen molar-refractivity contribution in [3.63, 3.8) is 0 Å². The van der Waals surface area contributed by atoms with Crippen LogP contribution >= 0.6 is 11.6 Å². The molecule has 2 aromatic heterocycles. The van der Waals surface area contributed by atoms with Crippen LogP contribution in [0, 0.1) is 6.92 Å². The van der Waals surface area contributed by atoms with Gasteiger partial charge in [0.1, 0.15) is 23.6 Å². The standard InChI is InChI=1S/C17H15ClN2O3/c1-11-3-6-16-19-13(9-20(16)8-11)10-23-17(21)14-7-12(18)4-5-15(14)22-2/h3-9H,10H2,1-2H3. The minimum absolute atomic E-state index is 0.0786. The molecule has 0 aliphatic rings. The van der Waals surface area contributed by atoms with Crippen LogP contribution in [-0.2, 0) is 11.3 Å². The van der Waals surface area contributed by atoms with Crippen molar-refractivity contribution in [1.82, 2.24) is 9.38 Å². The summed E-state index contributed by atoms with van der Waals surface area (Å²) in [5.74, 6) is -0.0809. The van der Waals surface area contributed by atoms with Gasteiger partial charge in [0, 0.05) is 17.4 Å². The van der Waals surface area contributed by atoms with E-state index in [1.807, 2.05) is 35.9 Å². The Morgan fingerprint density at radius 3 is 2.87 bits per heavy atom. The van der Waals surface area contributed by atoms with E-state index < -0.39 is 5.97 Å². The van der Waals surface area contributed by atoms with Crippen molar-refractivity contribution in [2.24, 2.45) is 0 Å². The first kappa shape index (κ1) is 15.4. The number of esters is 1. The lowest BCUT2D eigenvalue weighted by molar-refractivity contribution is 0.0464. The van der Waals surface area contributed by atoms with Gasteiger partial charge in [0.25, 0.3) is 0 Å². The van der Waals surface area contributed by atoms with Crippen LogP contribution in [0.3, 0.4) is 0 Å². The first-order valence-electron chi connectivity index (χ1n) is 7.02. The smallest absolute Gasteiger partial charge is 0.342 e. The first-order chi connectivity index (χ1) is 11.1. The molecule has 0 N–H and O–H groups in total. The van der Waals surface area contributed by atoms with Crippen LogP contribution < -0.4 is 4.74 Å². The zero-order chi connectivity index (χ0) is 16.4. The highest BCUT2D eigenvalue weighted by atomic mass is 35.5. The number of methoxy groups -OCH3 is 1. The highest BCUT2D eigenvalue weighted by Crippen LogP contribution is 2.23.